The highest BCUT2D eigenvalue weighted by atomic mass is 79.9. The summed E-state index contributed by atoms with van der Waals surface area (Å²) in [5.41, 5.74) is 0.416. The summed E-state index contributed by atoms with van der Waals surface area (Å²) in [5, 5.41) is 22.1. The molecular formula is C22H26BrN5O3. The first-order chi connectivity index (χ1) is 14.6. The summed E-state index contributed by atoms with van der Waals surface area (Å²) in [6.07, 6.45) is 1.23. The van der Waals surface area contributed by atoms with Crippen LogP contribution in [0.3, 0.4) is 0 Å². The van der Waals surface area contributed by atoms with Crippen molar-refractivity contribution in [2.75, 3.05) is 18.4 Å². The fourth-order valence-electron chi connectivity index (χ4n) is 4.01. The highest BCUT2D eigenvalue weighted by Gasteiger charge is 2.45. The second-order valence-corrected chi connectivity index (χ2v) is 9.76. The Morgan fingerprint density at radius 1 is 1.26 bits per heavy atom. The van der Waals surface area contributed by atoms with Gasteiger partial charge in [0.15, 0.2) is 0 Å². The summed E-state index contributed by atoms with van der Waals surface area (Å²) in [6, 6.07) is 8.26. The van der Waals surface area contributed by atoms with Crippen molar-refractivity contribution in [3.8, 4) is 12.1 Å². The van der Waals surface area contributed by atoms with E-state index in [0.717, 1.165) is 10.9 Å². The third-order valence-electron chi connectivity index (χ3n) is 5.36. The molecule has 3 atom stereocenters. The molecule has 2 aliphatic heterocycles. The molecule has 0 spiro atoms. The molecule has 1 N–H and O–H groups in total. The van der Waals surface area contributed by atoms with Crippen molar-refractivity contribution in [2.45, 2.75) is 63.8 Å². The summed E-state index contributed by atoms with van der Waals surface area (Å²) in [5.74, 6) is -0.226. The van der Waals surface area contributed by atoms with Crippen LogP contribution >= 0.6 is 15.9 Å². The molecule has 2 saturated heterocycles. The predicted molar refractivity (Wildman–Crippen MR) is 118 cm³/mol. The number of nitriles is 2. The smallest absolute Gasteiger partial charge is 0.411 e. The van der Waals surface area contributed by atoms with Gasteiger partial charge >= 0.3 is 6.09 Å². The molecule has 0 aromatic heterocycles. The minimum Gasteiger partial charge on any atom is -0.444 e. The maximum Gasteiger partial charge on any atom is 0.411 e. The molecule has 2 fully saturated rings. The molecule has 0 bridgehead atoms. The monoisotopic (exact) mass is 487 g/mol. The van der Waals surface area contributed by atoms with E-state index in [-0.39, 0.29) is 18.5 Å². The number of carbonyl (C=O) groups is 2. The molecular weight excluding hydrogens is 462 g/mol. The van der Waals surface area contributed by atoms with Gasteiger partial charge in [0.1, 0.15) is 23.8 Å². The molecule has 0 unspecified atom stereocenters. The first-order valence-electron chi connectivity index (χ1n) is 10.3. The summed E-state index contributed by atoms with van der Waals surface area (Å²) < 4.78 is 6.33. The van der Waals surface area contributed by atoms with Crippen molar-refractivity contribution in [1.29, 1.82) is 10.5 Å². The lowest BCUT2D eigenvalue weighted by Crippen LogP contribution is -2.50. The molecule has 8 nitrogen and oxygen atoms in total. The number of hydrogen-bond donors (Lipinski definition) is 1. The van der Waals surface area contributed by atoms with Crippen LogP contribution in [0.2, 0.25) is 0 Å². The zero-order valence-corrected chi connectivity index (χ0v) is 19.5. The topological polar surface area (TPSA) is 109 Å². The Morgan fingerprint density at radius 2 is 2.00 bits per heavy atom. The van der Waals surface area contributed by atoms with E-state index in [1.807, 2.05) is 6.07 Å². The van der Waals surface area contributed by atoms with E-state index in [1.54, 1.807) is 37.8 Å². The maximum atomic E-state index is 13.3. The Kier molecular flexibility index (Phi) is 6.76. The van der Waals surface area contributed by atoms with E-state index < -0.39 is 23.8 Å². The van der Waals surface area contributed by atoms with Gasteiger partial charge in [-0.1, -0.05) is 15.9 Å². The van der Waals surface area contributed by atoms with Crippen LogP contribution in [-0.2, 0) is 9.53 Å². The van der Waals surface area contributed by atoms with Gasteiger partial charge in [-0.3, -0.25) is 9.69 Å². The number of benzene rings is 1. The number of nitrogens with zero attached hydrogens (tertiary/aromatic N) is 4. The van der Waals surface area contributed by atoms with Gasteiger partial charge in [0.25, 0.3) is 0 Å². The summed E-state index contributed by atoms with van der Waals surface area (Å²) in [7, 11) is 0. The number of halogens is 1. The molecule has 2 heterocycles. The first kappa shape index (κ1) is 22.9. The van der Waals surface area contributed by atoms with Crippen molar-refractivity contribution in [3.63, 3.8) is 0 Å². The maximum absolute atomic E-state index is 13.3. The lowest BCUT2D eigenvalue weighted by molar-refractivity contribution is -0.135. The van der Waals surface area contributed by atoms with Gasteiger partial charge in [0, 0.05) is 23.6 Å². The third kappa shape index (κ3) is 5.29. The van der Waals surface area contributed by atoms with E-state index in [9.17, 15) is 20.1 Å². The number of nitrogens with one attached hydrogen (secondary N) is 1. The van der Waals surface area contributed by atoms with E-state index in [0.29, 0.717) is 30.6 Å². The zero-order valence-electron chi connectivity index (χ0n) is 17.9. The molecule has 1 aromatic carbocycles. The SMILES string of the molecule is CC(C)(C)OC(=O)N1C[C@@H](Nc2ccc(Br)cc2C#N)C[C@H]1C(=O)N1CCC[C@H]1C#N. The average Bonchev–Trinajstić information content (AvgIpc) is 3.34. The van der Waals surface area contributed by atoms with Gasteiger partial charge in [0.05, 0.1) is 17.3 Å². The summed E-state index contributed by atoms with van der Waals surface area (Å²) >= 11 is 3.36. The van der Waals surface area contributed by atoms with Gasteiger partial charge in [-0.25, -0.2) is 4.79 Å². The fraction of sp³-hybridized carbons (Fsp3) is 0.545. The fourth-order valence-corrected chi connectivity index (χ4v) is 4.37. The van der Waals surface area contributed by atoms with Crippen molar-refractivity contribution in [1.82, 2.24) is 9.80 Å². The number of carbonyl (C=O) groups excluding carboxylic acids is 2. The van der Waals surface area contributed by atoms with Crippen LogP contribution in [-0.4, -0.2) is 58.6 Å². The van der Waals surface area contributed by atoms with Crippen molar-refractivity contribution in [2.24, 2.45) is 0 Å². The molecule has 0 aliphatic carbocycles. The third-order valence-corrected chi connectivity index (χ3v) is 5.85. The van der Waals surface area contributed by atoms with Crippen LogP contribution in [0.25, 0.3) is 0 Å². The lowest BCUT2D eigenvalue weighted by Gasteiger charge is -2.30. The Labute approximate surface area is 190 Å². The summed E-state index contributed by atoms with van der Waals surface area (Å²) in [6.45, 7) is 6.11. The quantitative estimate of drug-likeness (QED) is 0.696. The van der Waals surface area contributed by atoms with Crippen molar-refractivity contribution in [3.05, 3.63) is 28.2 Å². The van der Waals surface area contributed by atoms with E-state index in [4.69, 9.17) is 4.74 Å². The molecule has 0 radical (unpaired) electrons. The Balaban J connectivity index is 1.83. The van der Waals surface area contributed by atoms with Crippen LogP contribution < -0.4 is 5.32 Å². The van der Waals surface area contributed by atoms with E-state index >= 15 is 0 Å². The molecule has 1 aromatic rings. The minimum absolute atomic E-state index is 0.226. The Bertz CT molecular complexity index is 946. The average molecular weight is 488 g/mol. The number of anilines is 1. The molecule has 2 amide bonds. The van der Waals surface area contributed by atoms with Gasteiger partial charge < -0.3 is 15.0 Å². The van der Waals surface area contributed by atoms with Crippen LogP contribution in [0.4, 0.5) is 10.5 Å². The van der Waals surface area contributed by atoms with E-state index in [1.165, 1.54) is 4.90 Å². The largest absolute Gasteiger partial charge is 0.444 e. The van der Waals surface area contributed by atoms with Gasteiger partial charge in [-0.15, -0.1) is 0 Å². The molecule has 31 heavy (non-hydrogen) atoms. The molecule has 9 heteroatoms. The number of rotatable bonds is 3. The lowest BCUT2D eigenvalue weighted by atomic mass is 10.1. The predicted octanol–water partition coefficient (Wildman–Crippen LogP) is 3.63. The zero-order chi connectivity index (χ0) is 22.8. The molecule has 2 aliphatic rings. The Morgan fingerprint density at radius 3 is 2.65 bits per heavy atom. The first-order valence-corrected chi connectivity index (χ1v) is 11.1. The van der Waals surface area contributed by atoms with Gasteiger partial charge in [0.2, 0.25) is 5.91 Å². The van der Waals surface area contributed by atoms with Crippen molar-refractivity contribution < 1.29 is 14.3 Å². The van der Waals surface area contributed by atoms with E-state index in [2.05, 4.69) is 33.4 Å². The summed E-state index contributed by atoms with van der Waals surface area (Å²) in [4.78, 5) is 29.2. The van der Waals surface area contributed by atoms with Crippen LogP contribution in [0.1, 0.15) is 45.6 Å². The van der Waals surface area contributed by atoms with Gasteiger partial charge in [-0.2, -0.15) is 10.5 Å². The number of likely N-dealkylation sites (tertiary alicyclic amines) is 2. The highest BCUT2D eigenvalue weighted by Crippen LogP contribution is 2.29. The molecule has 164 valence electrons. The Hall–Kier alpha value is -2.78. The second kappa shape index (κ2) is 9.15. The van der Waals surface area contributed by atoms with Crippen LogP contribution in [0.5, 0.6) is 0 Å². The number of hydrogen-bond acceptors (Lipinski definition) is 6. The second-order valence-electron chi connectivity index (χ2n) is 8.85. The molecule has 0 saturated carbocycles. The standard InChI is InChI=1S/C22H26BrN5O3/c1-22(2,3)31-21(30)28-13-16(26-18-7-6-15(23)9-14(18)11-24)10-19(28)20(29)27-8-4-5-17(27)12-25/h6-7,9,16-17,19,26H,4-5,8,10,13H2,1-3H3/t16-,17-,19-/m0/s1. The highest BCUT2D eigenvalue weighted by molar-refractivity contribution is 9.10. The molecule has 3 rings (SSSR count). The number of ether oxygens (including phenoxy) is 1. The van der Waals surface area contributed by atoms with Crippen molar-refractivity contribution >= 4 is 33.6 Å². The van der Waals surface area contributed by atoms with Gasteiger partial charge in [-0.05, 0) is 58.2 Å². The van der Waals surface area contributed by atoms with Crippen LogP contribution in [0, 0.1) is 22.7 Å². The number of amides is 2. The minimum atomic E-state index is -0.720. The normalized spacial score (nSPS) is 23.2. The van der Waals surface area contributed by atoms with Crippen LogP contribution in [0.15, 0.2) is 22.7 Å².